The molecular formula is C17H13BrF3NO2. The van der Waals surface area contributed by atoms with Crippen LogP contribution in [-0.2, 0) is 12.8 Å². The third-order valence-corrected chi connectivity index (χ3v) is 3.62. The van der Waals surface area contributed by atoms with E-state index >= 15 is 0 Å². The summed E-state index contributed by atoms with van der Waals surface area (Å²) in [7, 11) is 0. The summed E-state index contributed by atoms with van der Waals surface area (Å²) in [5.74, 6) is 0. The SMILES string of the molecule is O=c1cc(C(F)(F)F)c2ccccc2[nH]1.OCc1cccc(Br)c1. The molecule has 3 aromatic rings. The molecule has 24 heavy (non-hydrogen) atoms. The number of aromatic nitrogens is 1. The van der Waals surface area contributed by atoms with Gasteiger partial charge in [0.2, 0.25) is 5.56 Å². The minimum atomic E-state index is -4.51. The first-order valence-corrected chi connectivity index (χ1v) is 7.65. The molecule has 2 N–H and O–H groups in total. The van der Waals surface area contributed by atoms with Crippen molar-refractivity contribution in [3.8, 4) is 0 Å². The number of aliphatic hydroxyl groups excluding tert-OH is 1. The smallest absolute Gasteiger partial charge is 0.392 e. The first-order chi connectivity index (χ1) is 11.3. The zero-order chi connectivity index (χ0) is 17.7. The average molecular weight is 400 g/mol. The highest BCUT2D eigenvalue weighted by molar-refractivity contribution is 9.10. The molecule has 3 nitrogen and oxygen atoms in total. The Labute approximate surface area is 143 Å². The lowest BCUT2D eigenvalue weighted by Crippen LogP contribution is -2.13. The van der Waals surface area contributed by atoms with Gasteiger partial charge in [0, 0.05) is 21.4 Å². The first-order valence-electron chi connectivity index (χ1n) is 6.86. The number of fused-ring (bicyclic) bond motifs is 1. The number of nitrogens with one attached hydrogen (secondary N) is 1. The third-order valence-electron chi connectivity index (χ3n) is 3.13. The fourth-order valence-corrected chi connectivity index (χ4v) is 2.52. The largest absolute Gasteiger partial charge is 0.417 e. The van der Waals surface area contributed by atoms with E-state index in [1.165, 1.54) is 18.2 Å². The van der Waals surface area contributed by atoms with Gasteiger partial charge in [0.15, 0.2) is 0 Å². The highest BCUT2D eigenvalue weighted by atomic mass is 79.9. The zero-order valence-electron chi connectivity index (χ0n) is 12.3. The topological polar surface area (TPSA) is 53.1 Å². The van der Waals surface area contributed by atoms with Crippen molar-refractivity contribution in [1.82, 2.24) is 4.98 Å². The molecule has 0 amide bonds. The molecule has 0 saturated heterocycles. The van der Waals surface area contributed by atoms with Gasteiger partial charge in [-0.3, -0.25) is 4.79 Å². The number of alkyl halides is 3. The number of rotatable bonds is 1. The number of hydrogen-bond donors (Lipinski definition) is 2. The third kappa shape index (κ3) is 4.69. The van der Waals surface area contributed by atoms with Gasteiger partial charge >= 0.3 is 6.18 Å². The van der Waals surface area contributed by atoms with Crippen LogP contribution in [0.1, 0.15) is 11.1 Å². The number of pyridine rings is 1. The van der Waals surface area contributed by atoms with Crippen LogP contribution in [0.5, 0.6) is 0 Å². The van der Waals surface area contributed by atoms with E-state index in [0.717, 1.165) is 10.0 Å². The van der Waals surface area contributed by atoms with Crippen LogP contribution in [0.3, 0.4) is 0 Å². The Bertz CT molecular complexity index is 891. The lowest BCUT2D eigenvalue weighted by molar-refractivity contribution is -0.136. The van der Waals surface area contributed by atoms with Crippen molar-refractivity contribution >= 4 is 26.8 Å². The van der Waals surface area contributed by atoms with Crippen molar-refractivity contribution in [3.05, 3.63) is 80.6 Å². The molecular weight excluding hydrogens is 387 g/mol. The van der Waals surface area contributed by atoms with Gasteiger partial charge in [-0.05, 0) is 23.8 Å². The summed E-state index contributed by atoms with van der Waals surface area (Å²) in [6.45, 7) is 0.111. The summed E-state index contributed by atoms with van der Waals surface area (Å²) in [5, 5.41) is 8.65. The van der Waals surface area contributed by atoms with Crippen LogP contribution in [0.2, 0.25) is 0 Å². The first kappa shape index (κ1) is 18.2. The molecule has 1 aromatic heterocycles. The number of benzene rings is 2. The molecule has 0 spiro atoms. The second-order valence-corrected chi connectivity index (χ2v) is 5.79. The van der Waals surface area contributed by atoms with Crippen LogP contribution in [0, 0.1) is 0 Å². The normalized spacial score (nSPS) is 11.0. The van der Waals surface area contributed by atoms with Crippen molar-refractivity contribution < 1.29 is 18.3 Å². The number of H-pyrrole nitrogens is 1. The summed E-state index contributed by atoms with van der Waals surface area (Å²) >= 11 is 3.29. The van der Waals surface area contributed by atoms with Crippen LogP contribution in [-0.4, -0.2) is 10.1 Å². The molecule has 1 heterocycles. The quantitative estimate of drug-likeness (QED) is 0.633. The summed E-state index contributed by atoms with van der Waals surface area (Å²) in [6, 6.07) is 14.0. The van der Waals surface area contributed by atoms with E-state index in [2.05, 4.69) is 20.9 Å². The molecule has 126 valence electrons. The molecule has 7 heteroatoms. The molecule has 3 rings (SSSR count). The highest BCUT2D eigenvalue weighted by Crippen LogP contribution is 2.32. The molecule has 2 aromatic carbocycles. The molecule has 0 unspecified atom stereocenters. The van der Waals surface area contributed by atoms with Gasteiger partial charge in [-0.1, -0.05) is 46.3 Å². The highest BCUT2D eigenvalue weighted by Gasteiger charge is 2.33. The van der Waals surface area contributed by atoms with E-state index in [1.54, 1.807) is 6.07 Å². The molecule has 0 fully saturated rings. The van der Waals surface area contributed by atoms with Gasteiger partial charge in [0.25, 0.3) is 0 Å². The van der Waals surface area contributed by atoms with E-state index in [4.69, 9.17) is 5.11 Å². The average Bonchev–Trinajstić information content (AvgIpc) is 2.53. The Kier molecular flexibility index (Phi) is 5.80. The van der Waals surface area contributed by atoms with Crippen molar-refractivity contribution in [1.29, 1.82) is 0 Å². The van der Waals surface area contributed by atoms with Crippen molar-refractivity contribution in [2.45, 2.75) is 12.8 Å². The fraction of sp³-hybridized carbons (Fsp3) is 0.118. The Morgan fingerprint density at radius 3 is 2.33 bits per heavy atom. The fourth-order valence-electron chi connectivity index (χ4n) is 2.07. The predicted molar refractivity (Wildman–Crippen MR) is 89.6 cm³/mol. The number of aromatic amines is 1. The van der Waals surface area contributed by atoms with E-state index < -0.39 is 17.3 Å². The van der Waals surface area contributed by atoms with Gasteiger partial charge < -0.3 is 10.1 Å². The minimum Gasteiger partial charge on any atom is -0.392 e. The van der Waals surface area contributed by atoms with Crippen LogP contribution in [0.4, 0.5) is 13.2 Å². The lowest BCUT2D eigenvalue weighted by Gasteiger charge is -2.09. The second kappa shape index (κ2) is 7.63. The molecule has 0 aliphatic carbocycles. The van der Waals surface area contributed by atoms with Crippen LogP contribution >= 0.6 is 15.9 Å². The maximum absolute atomic E-state index is 12.5. The van der Waals surface area contributed by atoms with E-state index in [0.29, 0.717) is 6.07 Å². The Balaban J connectivity index is 0.000000198. The van der Waals surface area contributed by atoms with Gasteiger partial charge in [-0.2, -0.15) is 13.2 Å². The van der Waals surface area contributed by atoms with Gasteiger partial charge in [-0.25, -0.2) is 0 Å². The van der Waals surface area contributed by atoms with E-state index in [9.17, 15) is 18.0 Å². The number of halogens is 4. The van der Waals surface area contributed by atoms with Gasteiger partial charge in [-0.15, -0.1) is 0 Å². The monoisotopic (exact) mass is 399 g/mol. The standard InChI is InChI=1S/C10H6F3NO.C7H7BrO/c11-10(12,13)7-5-9(15)14-8-4-2-1-3-6(7)8;8-7-3-1-2-6(4-7)5-9/h1-5H,(H,14,15);1-4,9H,5H2. The molecule has 0 aliphatic heterocycles. The minimum absolute atomic E-state index is 0.00426. The molecule has 0 saturated carbocycles. The molecule has 0 aliphatic rings. The maximum atomic E-state index is 12.5. The predicted octanol–water partition coefficient (Wildman–Crippen LogP) is 4.49. The maximum Gasteiger partial charge on any atom is 0.417 e. The van der Waals surface area contributed by atoms with Crippen LogP contribution in [0.15, 0.2) is 63.9 Å². The van der Waals surface area contributed by atoms with Crippen LogP contribution < -0.4 is 5.56 Å². The number of para-hydroxylation sites is 1. The van der Waals surface area contributed by atoms with Crippen molar-refractivity contribution in [2.24, 2.45) is 0 Å². The van der Waals surface area contributed by atoms with E-state index in [-0.39, 0.29) is 17.5 Å². The second-order valence-electron chi connectivity index (χ2n) is 4.88. The molecule has 0 atom stereocenters. The summed E-state index contributed by atoms with van der Waals surface area (Å²) in [5.41, 5.74) is -0.524. The van der Waals surface area contributed by atoms with Gasteiger partial charge in [0.05, 0.1) is 12.2 Å². The van der Waals surface area contributed by atoms with Crippen molar-refractivity contribution in [3.63, 3.8) is 0 Å². The lowest BCUT2D eigenvalue weighted by atomic mass is 10.1. The van der Waals surface area contributed by atoms with Crippen LogP contribution in [0.25, 0.3) is 10.9 Å². The summed E-state index contributed by atoms with van der Waals surface area (Å²) < 4.78 is 38.6. The van der Waals surface area contributed by atoms with E-state index in [1.807, 2.05) is 24.3 Å². The molecule has 0 bridgehead atoms. The zero-order valence-corrected chi connectivity index (χ0v) is 13.9. The van der Waals surface area contributed by atoms with Crippen molar-refractivity contribution in [2.75, 3.05) is 0 Å². The summed E-state index contributed by atoms with van der Waals surface area (Å²) in [4.78, 5) is 13.3. The Morgan fingerprint density at radius 2 is 1.75 bits per heavy atom. The number of hydrogen-bond acceptors (Lipinski definition) is 2. The molecule has 0 radical (unpaired) electrons. The Hall–Kier alpha value is -2.12. The number of aliphatic hydroxyl groups is 1. The van der Waals surface area contributed by atoms with Gasteiger partial charge in [0.1, 0.15) is 0 Å². The summed E-state index contributed by atoms with van der Waals surface area (Å²) in [6.07, 6.45) is -4.51. The Morgan fingerprint density at radius 1 is 1.04 bits per heavy atom.